The smallest absolute Gasteiger partial charge is 0.408 e. The van der Waals surface area contributed by atoms with Gasteiger partial charge in [0.05, 0.1) is 18.0 Å². The number of carbonyl (C=O) groups excluding carboxylic acids is 4. The molecule has 3 N–H and O–H groups in total. The normalized spacial score (nSPS) is 24.7. The number of hydrogen-bond donors (Lipinski definition) is 3. The lowest BCUT2D eigenvalue weighted by molar-refractivity contribution is -0.143. The molecule has 5 rings (SSSR count). The Hall–Kier alpha value is -4.27. The summed E-state index contributed by atoms with van der Waals surface area (Å²) in [6.07, 6.45) is 2.65. The van der Waals surface area contributed by atoms with E-state index < -0.39 is 79.7 Å². The second-order valence-corrected chi connectivity index (χ2v) is 16.8. The molecule has 260 valence electrons. The molecule has 0 radical (unpaired) electrons. The van der Waals surface area contributed by atoms with Gasteiger partial charge in [-0.1, -0.05) is 45.0 Å². The van der Waals surface area contributed by atoms with E-state index in [1.54, 1.807) is 47.7 Å². The third-order valence-electron chi connectivity index (χ3n) is 8.69. The van der Waals surface area contributed by atoms with Crippen LogP contribution < -0.4 is 20.1 Å². The van der Waals surface area contributed by atoms with Gasteiger partial charge in [-0.3, -0.25) is 19.1 Å². The topological polar surface area (TPSA) is 186 Å². The average Bonchev–Trinajstić information content (AvgIpc) is 3.91. The van der Waals surface area contributed by atoms with E-state index in [-0.39, 0.29) is 25.3 Å². The number of nitrogens with one attached hydrogen (secondary N) is 3. The van der Waals surface area contributed by atoms with Gasteiger partial charge in [0.1, 0.15) is 29.3 Å². The van der Waals surface area contributed by atoms with Crippen molar-refractivity contribution in [2.75, 3.05) is 6.54 Å². The number of ether oxygens (including phenoxy) is 2. The minimum Gasteiger partial charge on any atom is -0.471 e. The number of amides is 4. The molecule has 15 heteroatoms. The van der Waals surface area contributed by atoms with Crippen molar-refractivity contribution in [2.24, 2.45) is 11.3 Å². The zero-order valence-electron chi connectivity index (χ0n) is 28.1. The van der Waals surface area contributed by atoms with E-state index in [1.807, 2.05) is 24.3 Å². The van der Waals surface area contributed by atoms with Crippen molar-refractivity contribution < 1.29 is 37.1 Å². The highest BCUT2D eigenvalue weighted by Gasteiger charge is 2.62. The molecule has 2 heterocycles. The lowest BCUT2D eigenvalue weighted by atomic mass is 9.85. The zero-order chi connectivity index (χ0) is 35.2. The van der Waals surface area contributed by atoms with Gasteiger partial charge >= 0.3 is 6.09 Å². The molecule has 3 aliphatic rings. The van der Waals surface area contributed by atoms with Gasteiger partial charge in [0.2, 0.25) is 27.7 Å². The predicted molar refractivity (Wildman–Crippen MR) is 176 cm³/mol. The number of rotatable bonds is 10. The molecule has 4 amide bonds. The summed E-state index contributed by atoms with van der Waals surface area (Å²) in [4.78, 5) is 56.0. The maximum absolute atomic E-state index is 14.3. The third kappa shape index (κ3) is 7.55. The maximum atomic E-state index is 14.3. The van der Waals surface area contributed by atoms with Crippen molar-refractivity contribution in [1.82, 2.24) is 30.5 Å². The van der Waals surface area contributed by atoms with Crippen LogP contribution in [-0.2, 0) is 29.1 Å². The first-order valence-corrected chi connectivity index (χ1v) is 17.6. The summed E-state index contributed by atoms with van der Waals surface area (Å²) in [6.45, 7) is 14.1. The van der Waals surface area contributed by atoms with E-state index in [0.717, 1.165) is 5.39 Å². The number of sulfonamides is 1. The minimum atomic E-state index is -3.89. The number of carbonyl (C=O) groups is 4. The zero-order valence-corrected chi connectivity index (χ0v) is 28.9. The monoisotopic (exact) mass is 684 g/mol. The van der Waals surface area contributed by atoms with E-state index in [2.05, 4.69) is 32.1 Å². The number of fused-ring (bicyclic) bond motifs is 1. The highest BCUT2D eigenvalue weighted by atomic mass is 32.2. The summed E-state index contributed by atoms with van der Waals surface area (Å²) in [5, 5.41) is 14.5. The summed E-state index contributed by atoms with van der Waals surface area (Å²) >= 11 is 0. The minimum absolute atomic E-state index is 0.0165. The average molecular weight is 685 g/mol. The van der Waals surface area contributed by atoms with Gasteiger partial charge in [-0.25, -0.2) is 13.2 Å². The molecule has 1 saturated heterocycles. The Bertz CT molecular complexity index is 1730. The van der Waals surface area contributed by atoms with Crippen molar-refractivity contribution >= 4 is 44.6 Å². The number of benzene rings is 1. The summed E-state index contributed by atoms with van der Waals surface area (Å²) < 4.78 is 39.1. The van der Waals surface area contributed by atoms with Gasteiger partial charge in [0.15, 0.2) is 0 Å². The standard InChI is InChI=1S/C33H44N6O8S/c1-8-20-16-33(20,29(42)38-48(44,45)22-13-14-22)36-26(40)24-15-21(46-27-23-12-10-9-11-19(23)17-34-37-27)18-39(24)28(41)25(31(2,3)4)35-30(43)47-32(5,6)7/h8-12,17,20-22,24-25H,1,13-16,18H2,2-7H3,(H,35,43)(H,36,40)(H,38,42). The molecule has 48 heavy (non-hydrogen) atoms. The SMILES string of the molecule is C=CC1CC1(NC(=O)C1CC(Oc2nncc3ccccc23)CN1C(=O)C(NC(=O)OC(C)(C)C)C(C)(C)C)C(=O)NS(=O)(=O)C1CC1. The van der Waals surface area contributed by atoms with E-state index in [4.69, 9.17) is 9.47 Å². The number of aromatic nitrogens is 2. The number of likely N-dealkylation sites (tertiary alicyclic amines) is 1. The second kappa shape index (κ2) is 12.6. The van der Waals surface area contributed by atoms with E-state index in [9.17, 15) is 27.6 Å². The summed E-state index contributed by atoms with van der Waals surface area (Å²) in [5.74, 6) is -2.38. The van der Waals surface area contributed by atoms with E-state index in [1.165, 1.54) is 11.0 Å². The van der Waals surface area contributed by atoms with Gasteiger partial charge in [0.25, 0.3) is 5.91 Å². The van der Waals surface area contributed by atoms with Crippen LogP contribution in [0.4, 0.5) is 4.79 Å². The molecule has 5 atom stereocenters. The molecule has 1 aromatic carbocycles. The molecular weight excluding hydrogens is 640 g/mol. The Morgan fingerprint density at radius 1 is 1.10 bits per heavy atom. The molecule has 3 fully saturated rings. The Morgan fingerprint density at radius 3 is 2.40 bits per heavy atom. The lowest BCUT2D eigenvalue weighted by Crippen LogP contribution is -2.60. The van der Waals surface area contributed by atoms with Gasteiger partial charge in [-0.15, -0.1) is 11.7 Å². The van der Waals surface area contributed by atoms with Crippen molar-refractivity contribution in [3.63, 3.8) is 0 Å². The molecule has 2 saturated carbocycles. The van der Waals surface area contributed by atoms with Gasteiger partial charge in [-0.2, -0.15) is 5.10 Å². The van der Waals surface area contributed by atoms with Gasteiger partial charge < -0.3 is 25.0 Å². The number of alkyl carbamates (subject to hydrolysis) is 1. The maximum Gasteiger partial charge on any atom is 0.408 e. The van der Waals surface area contributed by atoms with Crippen LogP contribution in [0.5, 0.6) is 5.88 Å². The largest absolute Gasteiger partial charge is 0.471 e. The third-order valence-corrected chi connectivity index (χ3v) is 10.5. The molecule has 1 aromatic heterocycles. The van der Waals surface area contributed by atoms with Crippen LogP contribution in [0, 0.1) is 11.3 Å². The van der Waals surface area contributed by atoms with Crippen molar-refractivity contribution in [1.29, 1.82) is 0 Å². The second-order valence-electron chi connectivity index (χ2n) is 14.8. The molecule has 1 aliphatic heterocycles. The Kier molecular flexibility index (Phi) is 9.23. The molecule has 0 spiro atoms. The molecule has 14 nitrogen and oxygen atoms in total. The Morgan fingerprint density at radius 2 is 1.79 bits per heavy atom. The summed E-state index contributed by atoms with van der Waals surface area (Å²) in [6, 6.07) is 5.10. The van der Waals surface area contributed by atoms with Crippen molar-refractivity contribution in [3.05, 3.63) is 43.1 Å². The first kappa shape index (κ1) is 35.0. The number of hydrogen-bond acceptors (Lipinski definition) is 10. The van der Waals surface area contributed by atoms with E-state index in [0.29, 0.717) is 18.2 Å². The van der Waals surface area contributed by atoms with Gasteiger partial charge in [0, 0.05) is 23.1 Å². The highest BCUT2D eigenvalue weighted by Crippen LogP contribution is 2.45. The van der Waals surface area contributed by atoms with Crippen molar-refractivity contribution in [3.8, 4) is 5.88 Å². The van der Waals surface area contributed by atoms with E-state index >= 15 is 0 Å². The van der Waals surface area contributed by atoms with Crippen LogP contribution in [0.15, 0.2) is 43.1 Å². The first-order chi connectivity index (χ1) is 22.3. The fraction of sp³-hybridized carbons (Fsp3) is 0.576. The van der Waals surface area contributed by atoms with Crippen LogP contribution in [0.3, 0.4) is 0 Å². The summed E-state index contributed by atoms with van der Waals surface area (Å²) in [5.41, 5.74) is -3.18. The molecule has 0 bridgehead atoms. The molecule has 2 aromatic rings. The fourth-order valence-electron chi connectivity index (χ4n) is 5.88. The Balaban J connectivity index is 1.43. The quantitative estimate of drug-likeness (QED) is 0.314. The Labute approximate surface area is 280 Å². The highest BCUT2D eigenvalue weighted by molar-refractivity contribution is 7.91. The molecule has 5 unspecified atom stereocenters. The summed E-state index contributed by atoms with van der Waals surface area (Å²) in [7, 11) is -3.89. The van der Waals surface area contributed by atoms with Crippen LogP contribution in [0.25, 0.3) is 10.8 Å². The number of nitrogens with zero attached hydrogens (tertiary/aromatic N) is 3. The van der Waals surface area contributed by atoms with Crippen LogP contribution >= 0.6 is 0 Å². The predicted octanol–water partition coefficient (Wildman–Crippen LogP) is 2.59. The molecular formula is C33H44N6O8S. The van der Waals surface area contributed by atoms with Crippen LogP contribution in [0.1, 0.15) is 67.2 Å². The van der Waals surface area contributed by atoms with Crippen LogP contribution in [-0.4, -0.2) is 88.5 Å². The van der Waals surface area contributed by atoms with Crippen LogP contribution in [0.2, 0.25) is 0 Å². The van der Waals surface area contributed by atoms with Crippen molar-refractivity contribution in [2.45, 2.75) is 102 Å². The molecule has 2 aliphatic carbocycles. The first-order valence-electron chi connectivity index (χ1n) is 16.0. The van der Waals surface area contributed by atoms with Gasteiger partial charge in [-0.05, 0) is 51.5 Å². The lowest BCUT2D eigenvalue weighted by Gasteiger charge is -2.36. The fourth-order valence-corrected chi connectivity index (χ4v) is 7.24.